The zero-order chi connectivity index (χ0) is 13.4. The van der Waals surface area contributed by atoms with Crippen LogP contribution in [0.3, 0.4) is 0 Å². The van der Waals surface area contributed by atoms with Crippen LogP contribution in [0.2, 0.25) is 0 Å². The van der Waals surface area contributed by atoms with Crippen molar-refractivity contribution in [2.24, 2.45) is 5.73 Å². The van der Waals surface area contributed by atoms with Gasteiger partial charge >= 0.3 is 0 Å². The largest absolute Gasteiger partial charge is 0.393 e. The van der Waals surface area contributed by atoms with Gasteiger partial charge in [-0.2, -0.15) is 0 Å². The number of carbonyl (C=O) groups excluding carboxylic acids is 1. The Morgan fingerprint density at radius 3 is 2.67 bits per heavy atom. The average Bonchev–Trinajstić information content (AvgIpc) is 2.35. The number of aliphatic hydroxyl groups is 1. The zero-order valence-electron chi connectivity index (χ0n) is 10.8. The van der Waals surface area contributed by atoms with E-state index < -0.39 is 0 Å². The van der Waals surface area contributed by atoms with Gasteiger partial charge in [0, 0.05) is 19.0 Å². The van der Waals surface area contributed by atoms with Crippen LogP contribution in [0.25, 0.3) is 0 Å². The number of rotatable bonds is 7. The molecule has 4 heteroatoms. The minimum Gasteiger partial charge on any atom is -0.393 e. The lowest BCUT2D eigenvalue weighted by Gasteiger charge is -2.12. The first kappa shape index (κ1) is 14.7. The number of amides is 1. The van der Waals surface area contributed by atoms with Crippen LogP contribution in [0.1, 0.15) is 37.8 Å². The van der Waals surface area contributed by atoms with E-state index in [0.29, 0.717) is 19.4 Å². The van der Waals surface area contributed by atoms with Crippen LogP contribution in [-0.4, -0.2) is 23.7 Å². The molecule has 0 aliphatic rings. The monoisotopic (exact) mass is 250 g/mol. The summed E-state index contributed by atoms with van der Waals surface area (Å²) in [5.74, 6) is -0.0445. The molecule has 100 valence electrons. The van der Waals surface area contributed by atoms with Crippen LogP contribution in [0, 0.1) is 0 Å². The average molecular weight is 250 g/mol. The van der Waals surface area contributed by atoms with Crippen LogP contribution >= 0.6 is 0 Å². The SMILES string of the molecule is CC(O)CCCNC(=O)CC(N)c1ccccc1. The second kappa shape index (κ2) is 7.84. The first-order valence-electron chi connectivity index (χ1n) is 6.35. The van der Waals surface area contributed by atoms with Gasteiger partial charge in [-0.05, 0) is 25.3 Å². The number of nitrogens with one attached hydrogen (secondary N) is 1. The predicted molar refractivity (Wildman–Crippen MR) is 71.9 cm³/mol. The molecule has 1 rings (SSSR count). The van der Waals surface area contributed by atoms with Crippen molar-refractivity contribution in [2.75, 3.05) is 6.54 Å². The lowest BCUT2D eigenvalue weighted by molar-refractivity contribution is -0.121. The number of nitrogens with two attached hydrogens (primary N) is 1. The Balaban J connectivity index is 2.24. The Kier molecular flexibility index (Phi) is 6.39. The van der Waals surface area contributed by atoms with Crippen molar-refractivity contribution in [3.63, 3.8) is 0 Å². The smallest absolute Gasteiger partial charge is 0.221 e. The third kappa shape index (κ3) is 5.80. The molecular weight excluding hydrogens is 228 g/mol. The van der Waals surface area contributed by atoms with Gasteiger partial charge in [-0.3, -0.25) is 4.79 Å². The van der Waals surface area contributed by atoms with E-state index in [1.165, 1.54) is 0 Å². The second-order valence-electron chi connectivity index (χ2n) is 4.56. The van der Waals surface area contributed by atoms with Crippen LogP contribution in [0.15, 0.2) is 30.3 Å². The highest BCUT2D eigenvalue weighted by molar-refractivity contribution is 5.76. The minimum absolute atomic E-state index is 0.0445. The standard InChI is InChI=1S/C14H22N2O2/c1-11(17)6-5-9-16-14(18)10-13(15)12-7-3-2-4-8-12/h2-4,7-8,11,13,17H,5-6,9-10,15H2,1H3,(H,16,18). The van der Waals surface area contributed by atoms with Crippen molar-refractivity contribution >= 4 is 5.91 Å². The van der Waals surface area contributed by atoms with Crippen LogP contribution in [0.4, 0.5) is 0 Å². The molecule has 0 spiro atoms. The second-order valence-corrected chi connectivity index (χ2v) is 4.56. The molecule has 0 heterocycles. The summed E-state index contributed by atoms with van der Waals surface area (Å²) < 4.78 is 0. The molecular formula is C14H22N2O2. The number of carbonyl (C=O) groups is 1. The lowest BCUT2D eigenvalue weighted by atomic mass is 10.0. The third-order valence-electron chi connectivity index (χ3n) is 2.75. The van der Waals surface area contributed by atoms with E-state index >= 15 is 0 Å². The van der Waals surface area contributed by atoms with E-state index in [1.54, 1.807) is 6.92 Å². The summed E-state index contributed by atoms with van der Waals surface area (Å²) in [4.78, 5) is 11.6. The van der Waals surface area contributed by atoms with Crippen molar-refractivity contribution < 1.29 is 9.90 Å². The fraction of sp³-hybridized carbons (Fsp3) is 0.500. The van der Waals surface area contributed by atoms with E-state index in [-0.39, 0.29) is 18.1 Å². The summed E-state index contributed by atoms with van der Waals surface area (Å²) in [6.07, 6.45) is 1.46. The molecule has 4 nitrogen and oxygen atoms in total. The molecule has 1 aromatic carbocycles. The molecule has 2 atom stereocenters. The normalized spacial score (nSPS) is 13.9. The maximum atomic E-state index is 11.6. The highest BCUT2D eigenvalue weighted by atomic mass is 16.3. The minimum atomic E-state index is -0.312. The van der Waals surface area contributed by atoms with Crippen LogP contribution < -0.4 is 11.1 Å². The van der Waals surface area contributed by atoms with Gasteiger partial charge in [0.15, 0.2) is 0 Å². The summed E-state index contributed by atoms with van der Waals surface area (Å²) in [7, 11) is 0. The third-order valence-corrected chi connectivity index (χ3v) is 2.75. The molecule has 1 amide bonds. The van der Waals surface area contributed by atoms with Crippen molar-refractivity contribution in [3.05, 3.63) is 35.9 Å². The first-order chi connectivity index (χ1) is 8.59. The van der Waals surface area contributed by atoms with Crippen molar-refractivity contribution in [1.82, 2.24) is 5.32 Å². The zero-order valence-corrected chi connectivity index (χ0v) is 10.8. The number of benzene rings is 1. The van der Waals surface area contributed by atoms with Crippen LogP contribution in [0.5, 0.6) is 0 Å². The molecule has 0 fully saturated rings. The quantitative estimate of drug-likeness (QED) is 0.639. The molecule has 0 saturated heterocycles. The summed E-state index contributed by atoms with van der Waals surface area (Å²) in [6, 6.07) is 9.33. The summed E-state index contributed by atoms with van der Waals surface area (Å²) in [5.41, 5.74) is 6.92. The summed E-state index contributed by atoms with van der Waals surface area (Å²) in [5, 5.41) is 11.9. The first-order valence-corrected chi connectivity index (χ1v) is 6.35. The van der Waals surface area contributed by atoms with Gasteiger partial charge in [0.05, 0.1) is 6.10 Å². The maximum Gasteiger partial charge on any atom is 0.221 e. The highest BCUT2D eigenvalue weighted by Crippen LogP contribution is 2.12. The Labute approximate surface area is 108 Å². The topological polar surface area (TPSA) is 75.3 Å². The van der Waals surface area contributed by atoms with Gasteiger partial charge in [-0.15, -0.1) is 0 Å². The van der Waals surface area contributed by atoms with E-state index in [1.807, 2.05) is 30.3 Å². The van der Waals surface area contributed by atoms with Crippen molar-refractivity contribution in [2.45, 2.75) is 38.3 Å². The molecule has 0 aromatic heterocycles. The fourth-order valence-electron chi connectivity index (χ4n) is 1.72. The summed E-state index contributed by atoms with van der Waals surface area (Å²) in [6.45, 7) is 2.33. The molecule has 0 saturated carbocycles. The van der Waals surface area contributed by atoms with Gasteiger partial charge in [0.2, 0.25) is 5.91 Å². The Bertz CT molecular complexity index is 352. The molecule has 18 heavy (non-hydrogen) atoms. The molecule has 1 aromatic rings. The Morgan fingerprint density at radius 2 is 2.06 bits per heavy atom. The van der Waals surface area contributed by atoms with E-state index in [2.05, 4.69) is 5.32 Å². The van der Waals surface area contributed by atoms with E-state index in [9.17, 15) is 4.79 Å². The molecule has 0 bridgehead atoms. The van der Waals surface area contributed by atoms with Gasteiger partial charge in [-0.25, -0.2) is 0 Å². The maximum absolute atomic E-state index is 11.6. The van der Waals surface area contributed by atoms with Gasteiger partial charge < -0.3 is 16.2 Å². The van der Waals surface area contributed by atoms with Crippen molar-refractivity contribution in [3.8, 4) is 0 Å². The molecule has 0 radical (unpaired) electrons. The van der Waals surface area contributed by atoms with Gasteiger partial charge in [-0.1, -0.05) is 30.3 Å². The molecule has 2 unspecified atom stereocenters. The Hall–Kier alpha value is -1.39. The van der Waals surface area contributed by atoms with Crippen molar-refractivity contribution in [1.29, 1.82) is 0 Å². The molecule has 0 aliphatic carbocycles. The summed E-state index contributed by atoms with van der Waals surface area (Å²) >= 11 is 0. The highest BCUT2D eigenvalue weighted by Gasteiger charge is 2.10. The lowest BCUT2D eigenvalue weighted by Crippen LogP contribution is -2.28. The Morgan fingerprint density at radius 1 is 1.39 bits per heavy atom. The predicted octanol–water partition coefficient (Wildman–Crippen LogP) is 1.35. The van der Waals surface area contributed by atoms with E-state index in [4.69, 9.17) is 10.8 Å². The molecule has 4 N–H and O–H groups in total. The van der Waals surface area contributed by atoms with E-state index in [0.717, 1.165) is 12.0 Å². The fourth-order valence-corrected chi connectivity index (χ4v) is 1.72. The molecule has 0 aliphatic heterocycles. The van der Waals surface area contributed by atoms with Gasteiger partial charge in [0.1, 0.15) is 0 Å². The van der Waals surface area contributed by atoms with Crippen LogP contribution in [-0.2, 0) is 4.79 Å². The number of hydrogen-bond acceptors (Lipinski definition) is 3. The van der Waals surface area contributed by atoms with Gasteiger partial charge in [0.25, 0.3) is 0 Å². The number of aliphatic hydroxyl groups excluding tert-OH is 1. The number of hydrogen-bond donors (Lipinski definition) is 3.